The highest BCUT2D eigenvalue weighted by Gasteiger charge is 2.21. The molecular formula is C21H23N3O6. The molecule has 9 nitrogen and oxygen atoms in total. The van der Waals surface area contributed by atoms with Crippen molar-refractivity contribution < 1.29 is 24.0 Å². The van der Waals surface area contributed by atoms with E-state index < -0.39 is 28.8 Å². The van der Waals surface area contributed by atoms with Crippen LogP contribution in [0.3, 0.4) is 0 Å². The Morgan fingerprint density at radius 1 is 1.07 bits per heavy atom. The number of para-hydroxylation sites is 1. The Kier molecular flexibility index (Phi) is 7.24. The number of nitro groups is 1. The van der Waals surface area contributed by atoms with Crippen molar-refractivity contribution in [2.24, 2.45) is 0 Å². The van der Waals surface area contributed by atoms with Crippen LogP contribution in [-0.4, -0.2) is 35.4 Å². The number of rotatable bonds is 7. The zero-order valence-corrected chi connectivity index (χ0v) is 17.1. The Balaban J connectivity index is 1.90. The lowest BCUT2D eigenvalue weighted by molar-refractivity contribution is -0.385. The van der Waals surface area contributed by atoms with Crippen LogP contribution in [-0.2, 0) is 14.3 Å². The summed E-state index contributed by atoms with van der Waals surface area (Å²) in [4.78, 5) is 46.8. The first-order valence-electron chi connectivity index (χ1n) is 9.20. The smallest absolute Gasteiger partial charge is 0.338 e. The van der Waals surface area contributed by atoms with Crippen LogP contribution >= 0.6 is 0 Å². The molecule has 2 rings (SSSR count). The molecule has 0 aromatic heterocycles. The number of carbonyl (C=O) groups is 3. The molecule has 0 bridgehead atoms. The maximum absolute atomic E-state index is 12.2. The zero-order valence-electron chi connectivity index (χ0n) is 17.1. The predicted molar refractivity (Wildman–Crippen MR) is 110 cm³/mol. The minimum absolute atomic E-state index is 0.0884. The van der Waals surface area contributed by atoms with Crippen molar-refractivity contribution in [1.29, 1.82) is 0 Å². The monoisotopic (exact) mass is 413 g/mol. The van der Waals surface area contributed by atoms with Gasteiger partial charge in [-0.2, -0.15) is 0 Å². The van der Waals surface area contributed by atoms with E-state index in [0.29, 0.717) is 11.3 Å². The summed E-state index contributed by atoms with van der Waals surface area (Å²) < 4.78 is 5.09. The van der Waals surface area contributed by atoms with Crippen molar-refractivity contribution in [2.45, 2.75) is 33.8 Å². The maximum Gasteiger partial charge on any atom is 0.338 e. The molecule has 9 heteroatoms. The molecule has 0 heterocycles. The lowest BCUT2D eigenvalue weighted by atomic mass is 10.1. The van der Waals surface area contributed by atoms with Gasteiger partial charge in [-0.15, -0.1) is 0 Å². The van der Waals surface area contributed by atoms with Gasteiger partial charge in [0.2, 0.25) is 5.91 Å². The Hall–Kier alpha value is -3.75. The maximum atomic E-state index is 12.2. The number of carbonyl (C=O) groups excluding carboxylic acids is 3. The molecule has 2 aromatic rings. The molecule has 30 heavy (non-hydrogen) atoms. The molecule has 2 N–H and O–H groups in total. The highest BCUT2D eigenvalue weighted by atomic mass is 16.6. The van der Waals surface area contributed by atoms with Gasteiger partial charge in [0.05, 0.1) is 17.0 Å². The number of hydrogen-bond acceptors (Lipinski definition) is 6. The van der Waals surface area contributed by atoms with E-state index in [1.165, 1.54) is 32.0 Å². The van der Waals surface area contributed by atoms with Gasteiger partial charge in [0.1, 0.15) is 0 Å². The summed E-state index contributed by atoms with van der Waals surface area (Å²) in [6.07, 6.45) is -1.15. The van der Waals surface area contributed by atoms with Crippen molar-refractivity contribution in [1.82, 2.24) is 5.32 Å². The third kappa shape index (κ3) is 5.63. The fourth-order valence-corrected chi connectivity index (χ4v) is 2.78. The van der Waals surface area contributed by atoms with Gasteiger partial charge in [-0.25, -0.2) is 4.79 Å². The minimum Gasteiger partial charge on any atom is -0.449 e. The van der Waals surface area contributed by atoms with Gasteiger partial charge in [0.25, 0.3) is 11.6 Å². The van der Waals surface area contributed by atoms with Crippen LogP contribution in [0.15, 0.2) is 36.4 Å². The van der Waals surface area contributed by atoms with Crippen molar-refractivity contribution in [3.05, 3.63) is 68.8 Å². The van der Waals surface area contributed by atoms with Gasteiger partial charge in [-0.05, 0) is 51.0 Å². The van der Waals surface area contributed by atoms with E-state index in [1.807, 2.05) is 32.0 Å². The van der Waals surface area contributed by atoms with E-state index in [-0.39, 0.29) is 17.8 Å². The molecule has 0 radical (unpaired) electrons. The van der Waals surface area contributed by atoms with Crippen LogP contribution in [0.2, 0.25) is 0 Å². The SMILES string of the molecule is Cc1cc(C(=O)O[C@@H](C)C(=O)NCC(=O)Nc2c(C)cccc2C)ccc1[N+](=O)[O-]. The van der Waals surface area contributed by atoms with E-state index in [1.54, 1.807) is 0 Å². The standard InChI is InChI=1S/C21H23N3O6/c1-12-6-5-7-13(2)19(12)23-18(25)11-22-20(26)15(4)30-21(27)16-8-9-17(24(28)29)14(3)10-16/h5-10,15H,11H2,1-4H3,(H,22,26)(H,23,25)/t15-/m0/s1. The summed E-state index contributed by atoms with van der Waals surface area (Å²) >= 11 is 0. The number of nitro benzene ring substituents is 1. The molecule has 158 valence electrons. The van der Waals surface area contributed by atoms with Crippen molar-refractivity contribution in [3.8, 4) is 0 Å². The van der Waals surface area contributed by atoms with Crippen molar-refractivity contribution in [2.75, 3.05) is 11.9 Å². The van der Waals surface area contributed by atoms with Crippen LogP contribution < -0.4 is 10.6 Å². The van der Waals surface area contributed by atoms with Crippen LogP contribution in [0.1, 0.15) is 34.0 Å². The molecule has 0 aliphatic rings. The first kappa shape index (κ1) is 22.5. The summed E-state index contributed by atoms with van der Waals surface area (Å²) in [6.45, 7) is 6.31. The highest BCUT2D eigenvalue weighted by Crippen LogP contribution is 2.20. The fraction of sp³-hybridized carbons (Fsp3) is 0.286. The number of ether oxygens (including phenoxy) is 1. The van der Waals surface area contributed by atoms with Gasteiger partial charge in [-0.1, -0.05) is 18.2 Å². The number of esters is 1. The first-order chi connectivity index (χ1) is 14.1. The van der Waals surface area contributed by atoms with Crippen LogP contribution in [0.5, 0.6) is 0 Å². The number of hydrogen-bond donors (Lipinski definition) is 2. The number of benzene rings is 2. The molecule has 2 aromatic carbocycles. The molecule has 0 spiro atoms. The van der Waals surface area contributed by atoms with E-state index in [2.05, 4.69) is 10.6 Å². The van der Waals surface area contributed by atoms with Gasteiger partial charge >= 0.3 is 5.97 Å². The third-order valence-electron chi connectivity index (χ3n) is 4.45. The zero-order chi connectivity index (χ0) is 22.4. The fourth-order valence-electron chi connectivity index (χ4n) is 2.78. The molecule has 0 aliphatic carbocycles. The van der Waals surface area contributed by atoms with Crippen molar-refractivity contribution >= 4 is 29.2 Å². The summed E-state index contributed by atoms with van der Waals surface area (Å²) in [5.74, 6) is -1.85. The molecule has 0 saturated heterocycles. The normalized spacial score (nSPS) is 11.3. The predicted octanol–water partition coefficient (Wildman–Crippen LogP) is 2.82. The average molecular weight is 413 g/mol. The van der Waals surface area contributed by atoms with E-state index in [9.17, 15) is 24.5 Å². The first-order valence-corrected chi connectivity index (χ1v) is 9.20. The summed E-state index contributed by atoms with van der Waals surface area (Å²) in [6, 6.07) is 9.39. The second-order valence-corrected chi connectivity index (χ2v) is 6.84. The molecule has 0 saturated carbocycles. The number of amides is 2. The number of anilines is 1. The van der Waals surface area contributed by atoms with E-state index >= 15 is 0 Å². The van der Waals surface area contributed by atoms with Gasteiger partial charge < -0.3 is 15.4 Å². The molecule has 0 unspecified atom stereocenters. The van der Waals surface area contributed by atoms with E-state index in [0.717, 1.165) is 11.1 Å². The lowest BCUT2D eigenvalue weighted by Gasteiger charge is -2.15. The lowest BCUT2D eigenvalue weighted by Crippen LogP contribution is -2.40. The topological polar surface area (TPSA) is 128 Å². The van der Waals surface area contributed by atoms with E-state index in [4.69, 9.17) is 4.74 Å². The average Bonchev–Trinajstić information content (AvgIpc) is 2.68. The third-order valence-corrected chi connectivity index (χ3v) is 4.45. The quantitative estimate of drug-likeness (QED) is 0.408. The Labute approximate surface area is 173 Å². The summed E-state index contributed by atoms with van der Waals surface area (Å²) in [7, 11) is 0. The largest absolute Gasteiger partial charge is 0.449 e. The van der Waals surface area contributed by atoms with Crippen LogP contribution in [0.4, 0.5) is 11.4 Å². The Morgan fingerprint density at radius 2 is 1.70 bits per heavy atom. The van der Waals surface area contributed by atoms with Crippen LogP contribution in [0.25, 0.3) is 0 Å². The second kappa shape index (κ2) is 9.64. The second-order valence-electron chi connectivity index (χ2n) is 6.84. The molecule has 1 atom stereocenters. The minimum atomic E-state index is -1.15. The van der Waals surface area contributed by atoms with Gasteiger partial charge in [0, 0.05) is 17.3 Å². The molecular weight excluding hydrogens is 390 g/mol. The Morgan fingerprint density at radius 3 is 2.27 bits per heavy atom. The van der Waals surface area contributed by atoms with Crippen molar-refractivity contribution in [3.63, 3.8) is 0 Å². The number of aryl methyl sites for hydroxylation is 3. The van der Waals surface area contributed by atoms with Gasteiger partial charge in [0.15, 0.2) is 6.10 Å². The van der Waals surface area contributed by atoms with Crippen LogP contribution in [0, 0.1) is 30.9 Å². The number of nitrogens with one attached hydrogen (secondary N) is 2. The van der Waals surface area contributed by atoms with Gasteiger partial charge in [-0.3, -0.25) is 19.7 Å². The number of nitrogens with zero attached hydrogens (tertiary/aromatic N) is 1. The summed E-state index contributed by atoms with van der Waals surface area (Å²) in [5, 5.41) is 16.0. The molecule has 2 amide bonds. The highest BCUT2D eigenvalue weighted by molar-refractivity contribution is 5.97. The Bertz CT molecular complexity index is 982. The molecule has 0 fully saturated rings. The summed E-state index contributed by atoms with van der Waals surface area (Å²) in [5.41, 5.74) is 2.75. The molecule has 0 aliphatic heterocycles.